The summed E-state index contributed by atoms with van der Waals surface area (Å²) in [6.07, 6.45) is 0.889. The molecule has 110 valence electrons. The minimum Gasteiger partial charge on any atom is -0.495 e. The van der Waals surface area contributed by atoms with Gasteiger partial charge in [0.25, 0.3) is 0 Å². The third kappa shape index (κ3) is 2.81. The monoisotopic (exact) mass is 286 g/mol. The molecule has 0 bridgehead atoms. The fraction of sp³-hybridized carbons (Fsp3) is 0.250. The average molecular weight is 286 g/mol. The molecule has 5 nitrogen and oxygen atoms in total. The third-order valence-electron chi connectivity index (χ3n) is 3.31. The standard InChI is InChI=1S/C16H18N2O3/c1-19-14-5-2-4-12(16(14)17)18-11-6-7-13-15(10-11)21-9-3-8-20-13/h2,4-7,10,18H,3,8-9,17H2,1H3. The Bertz CT molecular complexity index is 643. The number of nitrogens with two attached hydrogens (primary N) is 1. The molecule has 0 atom stereocenters. The lowest BCUT2D eigenvalue weighted by molar-refractivity contribution is 0.297. The highest BCUT2D eigenvalue weighted by atomic mass is 16.5. The second-order valence-electron chi connectivity index (χ2n) is 4.76. The SMILES string of the molecule is COc1cccc(Nc2ccc3c(c2)OCCCO3)c1N. The molecule has 0 saturated heterocycles. The lowest BCUT2D eigenvalue weighted by Gasteiger charge is -2.14. The van der Waals surface area contributed by atoms with Crippen LogP contribution in [-0.2, 0) is 0 Å². The van der Waals surface area contributed by atoms with E-state index in [1.807, 2.05) is 36.4 Å². The van der Waals surface area contributed by atoms with Gasteiger partial charge in [0.2, 0.25) is 0 Å². The van der Waals surface area contributed by atoms with E-state index in [0.29, 0.717) is 24.7 Å². The van der Waals surface area contributed by atoms with Gasteiger partial charge in [-0.3, -0.25) is 0 Å². The van der Waals surface area contributed by atoms with Gasteiger partial charge in [0.1, 0.15) is 5.75 Å². The maximum Gasteiger partial charge on any atom is 0.163 e. The van der Waals surface area contributed by atoms with Crippen LogP contribution in [-0.4, -0.2) is 20.3 Å². The number of methoxy groups -OCH3 is 1. The van der Waals surface area contributed by atoms with Crippen molar-refractivity contribution in [3.8, 4) is 17.2 Å². The summed E-state index contributed by atoms with van der Waals surface area (Å²) in [6, 6.07) is 11.4. The Labute approximate surface area is 123 Å². The summed E-state index contributed by atoms with van der Waals surface area (Å²) in [6.45, 7) is 1.35. The molecule has 0 unspecified atom stereocenters. The zero-order valence-corrected chi connectivity index (χ0v) is 11.9. The Morgan fingerprint density at radius 3 is 2.71 bits per heavy atom. The highest BCUT2D eigenvalue weighted by molar-refractivity contribution is 5.78. The van der Waals surface area contributed by atoms with Crippen LogP contribution >= 0.6 is 0 Å². The van der Waals surface area contributed by atoms with E-state index in [0.717, 1.165) is 29.3 Å². The van der Waals surface area contributed by atoms with Crippen LogP contribution in [0.2, 0.25) is 0 Å². The molecule has 0 aromatic heterocycles. The van der Waals surface area contributed by atoms with Gasteiger partial charge in [-0.2, -0.15) is 0 Å². The summed E-state index contributed by atoms with van der Waals surface area (Å²) in [5, 5.41) is 3.28. The molecule has 2 aromatic carbocycles. The van der Waals surface area contributed by atoms with Crippen molar-refractivity contribution in [3.05, 3.63) is 36.4 Å². The van der Waals surface area contributed by atoms with Gasteiger partial charge in [0.15, 0.2) is 11.5 Å². The van der Waals surface area contributed by atoms with Crippen molar-refractivity contribution in [2.75, 3.05) is 31.4 Å². The van der Waals surface area contributed by atoms with Crippen molar-refractivity contribution in [2.45, 2.75) is 6.42 Å². The van der Waals surface area contributed by atoms with Gasteiger partial charge in [-0.25, -0.2) is 0 Å². The molecule has 21 heavy (non-hydrogen) atoms. The van der Waals surface area contributed by atoms with Crippen LogP contribution in [0.15, 0.2) is 36.4 Å². The van der Waals surface area contributed by atoms with E-state index in [2.05, 4.69) is 5.32 Å². The summed E-state index contributed by atoms with van der Waals surface area (Å²) in [7, 11) is 1.60. The Kier molecular flexibility index (Phi) is 3.73. The van der Waals surface area contributed by atoms with Crippen LogP contribution in [0.1, 0.15) is 6.42 Å². The molecule has 1 aliphatic heterocycles. The van der Waals surface area contributed by atoms with Gasteiger partial charge in [-0.05, 0) is 24.3 Å². The fourth-order valence-electron chi connectivity index (χ4n) is 2.23. The molecule has 0 fully saturated rings. The molecule has 0 saturated carbocycles. The number of para-hydroxylation sites is 1. The van der Waals surface area contributed by atoms with Crippen molar-refractivity contribution in [1.82, 2.24) is 0 Å². The number of nitrogen functional groups attached to an aromatic ring is 1. The van der Waals surface area contributed by atoms with E-state index >= 15 is 0 Å². The predicted molar refractivity (Wildman–Crippen MR) is 82.7 cm³/mol. The number of nitrogens with one attached hydrogen (secondary N) is 1. The second kappa shape index (κ2) is 5.83. The molecule has 1 aliphatic rings. The van der Waals surface area contributed by atoms with E-state index in [1.165, 1.54) is 0 Å². The second-order valence-corrected chi connectivity index (χ2v) is 4.76. The van der Waals surface area contributed by atoms with Crippen molar-refractivity contribution >= 4 is 17.1 Å². The lowest BCUT2D eigenvalue weighted by atomic mass is 10.2. The first-order valence-corrected chi connectivity index (χ1v) is 6.87. The molecule has 3 rings (SSSR count). The van der Waals surface area contributed by atoms with Crippen LogP contribution in [0.5, 0.6) is 17.2 Å². The van der Waals surface area contributed by atoms with Gasteiger partial charge in [0.05, 0.1) is 31.7 Å². The fourth-order valence-corrected chi connectivity index (χ4v) is 2.23. The molecule has 0 radical (unpaired) electrons. The number of benzene rings is 2. The van der Waals surface area contributed by atoms with Crippen molar-refractivity contribution < 1.29 is 14.2 Å². The molecular weight excluding hydrogens is 268 g/mol. The van der Waals surface area contributed by atoms with Crippen LogP contribution in [0.3, 0.4) is 0 Å². The number of anilines is 3. The van der Waals surface area contributed by atoms with Gasteiger partial charge in [0, 0.05) is 18.2 Å². The Morgan fingerprint density at radius 1 is 1.10 bits per heavy atom. The highest BCUT2D eigenvalue weighted by Crippen LogP contribution is 2.35. The lowest BCUT2D eigenvalue weighted by Crippen LogP contribution is -1.99. The van der Waals surface area contributed by atoms with E-state index in [-0.39, 0.29) is 0 Å². The van der Waals surface area contributed by atoms with Crippen LogP contribution < -0.4 is 25.3 Å². The highest BCUT2D eigenvalue weighted by Gasteiger charge is 2.11. The first-order chi connectivity index (χ1) is 10.3. The van der Waals surface area contributed by atoms with Crippen molar-refractivity contribution in [3.63, 3.8) is 0 Å². The van der Waals surface area contributed by atoms with E-state index in [1.54, 1.807) is 7.11 Å². The number of fused-ring (bicyclic) bond motifs is 1. The zero-order valence-electron chi connectivity index (χ0n) is 11.9. The van der Waals surface area contributed by atoms with Crippen LogP contribution in [0.25, 0.3) is 0 Å². The van der Waals surface area contributed by atoms with Crippen LogP contribution in [0, 0.1) is 0 Å². The minimum absolute atomic E-state index is 0.576. The maximum atomic E-state index is 6.06. The van der Waals surface area contributed by atoms with E-state index in [9.17, 15) is 0 Å². The topological polar surface area (TPSA) is 65.7 Å². The number of rotatable bonds is 3. The first-order valence-electron chi connectivity index (χ1n) is 6.87. The predicted octanol–water partition coefficient (Wildman–Crippen LogP) is 3.18. The molecule has 0 aliphatic carbocycles. The van der Waals surface area contributed by atoms with Crippen molar-refractivity contribution in [2.24, 2.45) is 0 Å². The third-order valence-corrected chi connectivity index (χ3v) is 3.31. The number of hydrogen-bond acceptors (Lipinski definition) is 5. The first kappa shape index (κ1) is 13.4. The van der Waals surface area contributed by atoms with Crippen LogP contribution in [0.4, 0.5) is 17.1 Å². The molecule has 5 heteroatoms. The quantitative estimate of drug-likeness (QED) is 0.848. The van der Waals surface area contributed by atoms with Crippen molar-refractivity contribution in [1.29, 1.82) is 0 Å². The summed E-state index contributed by atoms with van der Waals surface area (Å²) >= 11 is 0. The normalized spacial score (nSPS) is 13.4. The Hall–Kier alpha value is -2.56. The Balaban J connectivity index is 1.87. The van der Waals surface area contributed by atoms with E-state index < -0.39 is 0 Å². The Morgan fingerprint density at radius 2 is 1.90 bits per heavy atom. The zero-order chi connectivity index (χ0) is 14.7. The summed E-state index contributed by atoms with van der Waals surface area (Å²) in [4.78, 5) is 0. The summed E-state index contributed by atoms with van der Waals surface area (Å²) in [5.41, 5.74) is 8.32. The molecular formula is C16H18N2O3. The molecule has 0 amide bonds. The molecule has 3 N–H and O–H groups in total. The molecule has 2 aromatic rings. The van der Waals surface area contributed by atoms with Gasteiger partial charge in [-0.1, -0.05) is 6.07 Å². The largest absolute Gasteiger partial charge is 0.495 e. The number of ether oxygens (including phenoxy) is 3. The smallest absolute Gasteiger partial charge is 0.163 e. The van der Waals surface area contributed by atoms with Gasteiger partial charge >= 0.3 is 0 Å². The van der Waals surface area contributed by atoms with E-state index in [4.69, 9.17) is 19.9 Å². The molecule has 0 spiro atoms. The van der Waals surface area contributed by atoms with Gasteiger partial charge in [-0.15, -0.1) is 0 Å². The summed E-state index contributed by atoms with van der Waals surface area (Å²) < 4.78 is 16.5. The van der Waals surface area contributed by atoms with Gasteiger partial charge < -0.3 is 25.3 Å². The summed E-state index contributed by atoms with van der Waals surface area (Å²) in [5.74, 6) is 2.17. The minimum atomic E-state index is 0.576. The maximum absolute atomic E-state index is 6.06. The average Bonchev–Trinajstić information content (AvgIpc) is 2.74. The molecule has 1 heterocycles. The number of hydrogen-bond donors (Lipinski definition) is 2.